The highest BCUT2D eigenvalue weighted by Crippen LogP contribution is 2.06. The average molecular weight is 189 g/mol. The van der Waals surface area contributed by atoms with Gasteiger partial charge in [0.1, 0.15) is 11.9 Å². The van der Waals surface area contributed by atoms with Crippen molar-refractivity contribution in [3.8, 4) is 0 Å². The standard InChI is InChI=1S/C9H7N3O2/c13-9(14)5-8-10-6-3-1-2-4-7(6)11-12-8/h1-4H,5H2,(H,13,14). The van der Waals surface area contributed by atoms with E-state index in [4.69, 9.17) is 5.11 Å². The second-order valence-corrected chi connectivity index (χ2v) is 2.79. The third-order valence-electron chi connectivity index (χ3n) is 1.71. The van der Waals surface area contributed by atoms with Gasteiger partial charge in [-0.05, 0) is 12.1 Å². The minimum absolute atomic E-state index is 0.197. The Balaban J connectivity index is 2.46. The summed E-state index contributed by atoms with van der Waals surface area (Å²) in [6.45, 7) is 0. The van der Waals surface area contributed by atoms with E-state index in [1.54, 1.807) is 12.1 Å². The summed E-state index contributed by atoms with van der Waals surface area (Å²) in [5.74, 6) is -0.724. The molecule has 14 heavy (non-hydrogen) atoms. The van der Waals surface area contributed by atoms with E-state index < -0.39 is 5.97 Å². The van der Waals surface area contributed by atoms with Crippen molar-refractivity contribution in [2.75, 3.05) is 0 Å². The number of carbonyl (C=O) groups is 1. The molecule has 1 aromatic carbocycles. The molecule has 0 saturated heterocycles. The highest BCUT2D eigenvalue weighted by atomic mass is 16.4. The Morgan fingerprint density at radius 3 is 2.64 bits per heavy atom. The van der Waals surface area contributed by atoms with Crippen LogP contribution in [0.5, 0.6) is 0 Å². The molecule has 1 aromatic heterocycles. The summed E-state index contributed by atoms with van der Waals surface area (Å²) >= 11 is 0. The fraction of sp³-hybridized carbons (Fsp3) is 0.111. The van der Waals surface area contributed by atoms with Gasteiger partial charge in [0.2, 0.25) is 0 Å². The fourth-order valence-electron chi connectivity index (χ4n) is 1.13. The quantitative estimate of drug-likeness (QED) is 0.750. The Morgan fingerprint density at radius 1 is 1.21 bits per heavy atom. The molecule has 0 atom stereocenters. The van der Waals surface area contributed by atoms with E-state index in [1.165, 1.54) is 0 Å². The van der Waals surface area contributed by atoms with Gasteiger partial charge < -0.3 is 5.11 Å². The lowest BCUT2D eigenvalue weighted by molar-refractivity contribution is -0.136. The summed E-state index contributed by atoms with van der Waals surface area (Å²) in [5, 5.41) is 16.1. The zero-order valence-corrected chi connectivity index (χ0v) is 7.21. The van der Waals surface area contributed by atoms with Gasteiger partial charge in [0.25, 0.3) is 0 Å². The molecule has 1 heterocycles. The minimum atomic E-state index is -0.956. The van der Waals surface area contributed by atoms with E-state index in [1.807, 2.05) is 12.1 Å². The summed E-state index contributed by atoms with van der Waals surface area (Å²) in [7, 11) is 0. The molecule has 0 spiro atoms. The summed E-state index contributed by atoms with van der Waals surface area (Å²) < 4.78 is 0. The van der Waals surface area contributed by atoms with Gasteiger partial charge in [-0.1, -0.05) is 12.1 Å². The van der Waals surface area contributed by atoms with Crippen molar-refractivity contribution in [1.29, 1.82) is 0 Å². The maximum Gasteiger partial charge on any atom is 0.311 e. The number of aromatic nitrogens is 3. The number of carboxylic acids is 1. The Labute approximate surface area is 79.4 Å². The van der Waals surface area contributed by atoms with E-state index in [9.17, 15) is 4.79 Å². The van der Waals surface area contributed by atoms with Crippen molar-refractivity contribution in [2.45, 2.75) is 6.42 Å². The molecule has 5 nitrogen and oxygen atoms in total. The van der Waals surface area contributed by atoms with Crippen LogP contribution in [0.4, 0.5) is 0 Å². The molecule has 0 unspecified atom stereocenters. The number of hydrogen-bond acceptors (Lipinski definition) is 4. The highest BCUT2D eigenvalue weighted by molar-refractivity contribution is 5.74. The molecule has 0 aliphatic heterocycles. The summed E-state index contributed by atoms with van der Waals surface area (Å²) in [5.41, 5.74) is 1.33. The predicted octanol–water partition coefficient (Wildman–Crippen LogP) is 0.652. The van der Waals surface area contributed by atoms with Gasteiger partial charge >= 0.3 is 5.97 Å². The molecule has 70 valence electrons. The second-order valence-electron chi connectivity index (χ2n) is 2.79. The van der Waals surface area contributed by atoms with Crippen LogP contribution in [-0.4, -0.2) is 26.3 Å². The Bertz CT molecular complexity index is 484. The number of aliphatic carboxylic acids is 1. The molecule has 2 aromatic rings. The van der Waals surface area contributed by atoms with Crippen molar-refractivity contribution in [2.24, 2.45) is 0 Å². The van der Waals surface area contributed by atoms with Gasteiger partial charge in [0.05, 0.1) is 5.52 Å². The van der Waals surface area contributed by atoms with Crippen LogP contribution in [0, 0.1) is 0 Å². The molecule has 0 aliphatic carbocycles. The Morgan fingerprint density at radius 2 is 1.93 bits per heavy atom. The fourth-order valence-corrected chi connectivity index (χ4v) is 1.13. The summed E-state index contributed by atoms with van der Waals surface area (Å²) in [6.07, 6.45) is -0.197. The first-order valence-corrected chi connectivity index (χ1v) is 4.06. The maximum atomic E-state index is 10.4. The van der Waals surface area contributed by atoms with Crippen LogP contribution in [-0.2, 0) is 11.2 Å². The molecule has 1 N–H and O–H groups in total. The molecular formula is C9H7N3O2. The first-order chi connectivity index (χ1) is 6.75. The topological polar surface area (TPSA) is 76.0 Å². The van der Waals surface area contributed by atoms with Crippen LogP contribution < -0.4 is 0 Å². The van der Waals surface area contributed by atoms with Crippen LogP contribution in [0.1, 0.15) is 5.82 Å². The maximum absolute atomic E-state index is 10.4. The van der Waals surface area contributed by atoms with Crippen LogP contribution >= 0.6 is 0 Å². The summed E-state index contributed by atoms with van der Waals surface area (Å²) in [6, 6.07) is 7.20. The van der Waals surface area contributed by atoms with Gasteiger partial charge in [0.15, 0.2) is 5.82 Å². The van der Waals surface area contributed by atoms with Crippen molar-refractivity contribution >= 4 is 17.0 Å². The first-order valence-electron chi connectivity index (χ1n) is 4.06. The number of carboxylic acid groups (broad SMARTS) is 1. The van der Waals surface area contributed by atoms with Gasteiger partial charge in [-0.25, -0.2) is 4.98 Å². The zero-order valence-electron chi connectivity index (χ0n) is 7.21. The number of nitrogens with zero attached hydrogens (tertiary/aromatic N) is 3. The van der Waals surface area contributed by atoms with E-state index in [2.05, 4.69) is 15.2 Å². The lowest BCUT2D eigenvalue weighted by atomic mass is 10.3. The molecule has 5 heteroatoms. The number of benzene rings is 1. The number of para-hydroxylation sites is 1. The van der Waals surface area contributed by atoms with Crippen LogP contribution in [0.2, 0.25) is 0 Å². The second kappa shape index (κ2) is 3.37. The zero-order chi connectivity index (χ0) is 9.97. The molecular weight excluding hydrogens is 182 g/mol. The van der Waals surface area contributed by atoms with Crippen molar-refractivity contribution in [3.63, 3.8) is 0 Å². The predicted molar refractivity (Wildman–Crippen MR) is 48.7 cm³/mol. The van der Waals surface area contributed by atoms with Gasteiger partial charge in [-0.2, -0.15) is 0 Å². The molecule has 0 aliphatic rings. The van der Waals surface area contributed by atoms with Gasteiger partial charge in [-0.3, -0.25) is 4.79 Å². The van der Waals surface area contributed by atoms with Gasteiger partial charge in [-0.15, -0.1) is 10.2 Å². The van der Waals surface area contributed by atoms with Crippen LogP contribution in [0.3, 0.4) is 0 Å². The molecule has 0 radical (unpaired) electrons. The summed E-state index contributed by atoms with van der Waals surface area (Å²) in [4.78, 5) is 14.5. The Kier molecular flexibility index (Phi) is 2.06. The van der Waals surface area contributed by atoms with E-state index >= 15 is 0 Å². The van der Waals surface area contributed by atoms with Gasteiger partial charge in [0, 0.05) is 0 Å². The monoisotopic (exact) mass is 189 g/mol. The van der Waals surface area contributed by atoms with Crippen LogP contribution in [0.25, 0.3) is 11.0 Å². The molecule has 0 bridgehead atoms. The van der Waals surface area contributed by atoms with Crippen LogP contribution in [0.15, 0.2) is 24.3 Å². The lowest BCUT2D eigenvalue weighted by Gasteiger charge is -1.97. The Hall–Kier alpha value is -2.04. The normalized spacial score (nSPS) is 10.3. The van der Waals surface area contributed by atoms with E-state index in [-0.39, 0.29) is 12.2 Å². The van der Waals surface area contributed by atoms with Crippen molar-refractivity contribution in [1.82, 2.24) is 15.2 Å². The first kappa shape index (κ1) is 8.55. The molecule has 0 fully saturated rings. The average Bonchev–Trinajstić information content (AvgIpc) is 2.17. The number of fused-ring (bicyclic) bond motifs is 1. The smallest absolute Gasteiger partial charge is 0.311 e. The molecule has 0 amide bonds. The largest absolute Gasteiger partial charge is 0.481 e. The van der Waals surface area contributed by atoms with Crippen molar-refractivity contribution < 1.29 is 9.90 Å². The third kappa shape index (κ3) is 1.66. The van der Waals surface area contributed by atoms with E-state index in [0.29, 0.717) is 11.0 Å². The minimum Gasteiger partial charge on any atom is -0.481 e. The highest BCUT2D eigenvalue weighted by Gasteiger charge is 2.05. The molecule has 2 rings (SSSR count). The number of rotatable bonds is 2. The van der Waals surface area contributed by atoms with Crippen molar-refractivity contribution in [3.05, 3.63) is 30.1 Å². The number of hydrogen-bond donors (Lipinski definition) is 1. The van der Waals surface area contributed by atoms with E-state index in [0.717, 1.165) is 0 Å². The SMILES string of the molecule is O=C(O)Cc1nnc2ccccc2n1. The lowest BCUT2D eigenvalue weighted by Crippen LogP contribution is -2.06. The molecule has 0 saturated carbocycles. The third-order valence-corrected chi connectivity index (χ3v) is 1.71.